The summed E-state index contributed by atoms with van der Waals surface area (Å²) in [5.74, 6) is 0.821. The maximum Gasteiger partial charge on any atom is 0.472 e. The van der Waals surface area contributed by atoms with Crippen LogP contribution in [0.1, 0.15) is 67.7 Å². The standard InChI is InChI=1S/C14H31O4P/c1-8-14(7,10-12(4)5)18-19(15,16)17-13(6)9-11(2)3/h11-13H,8-10H2,1-7H3,(H,15,16). The lowest BCUT2D eigenvalue weighted by atomic mass is 9.92. The molecule has 0 fully saturated rings. The van der Waals surface area contributed by atoms with Crippen molar-refractivity contribution in [1.82, 2.24) is 0 Å². The quantitative estimate of drug-likeness (QED) is 0.622. The van der Waals surface area contributed by atoms with Gasteiger partial charge in [0.05, 0.1) is 11.7 Å². The van der Waals surface area contributed by atoms with Gasteiger partial charge in [0.2, 0.25) is 0 Å². The SMILES string of the molecule is CCC(C)(CC(C)C)OP(=O)(O)OC(C)CC(C)C. The fourth-order valence-electron chi connectivity index (χ4n) is 2.34. The molecule has 3 atom stereocenters. The number of hydrogen-bond acceptors (Lipinski definition) is 3. The second kappa shape index (κ2) is 7.78. The van der Waals surface area contributed by atoms with Crippen molar-refractivity contribution in [3.8, 4) is 0 Å². The molecule has 0 radical (unpaired) electrons. The molecule has 0 saturated heterocycles. The van der Waals surface area contributed by atoms with Crippen LogP contribution in [0, 0.1) is 11.8 Å². The molecule has 0 aromatic rings. The average molecular weight is 294 g/mol. The second-order valence-electron chi connectivity index (χ2n) is 6.51. The molecule has 1 N–H and O–H groups in total. The van der Waals surface area contributed by atoms with Gasteiger partial charge in [-0.2, -0.15) is 0 Å². The van der Waals surface area contributed by atoms with Gasteiger partial charge in [0.15, 0.2) is 0 Å². The number of rotatable bonds is 9. The molecule has 116 valence electrons. The first-order valence-electron chi connectivity index (χ1n) is 7.21. The Labute approximate surface area is 118 Å². The molecule has 0 spiro atoms. The maximum atomic E-state index is 12.1. The first-order valence-corrected chi connectivity index (χ1v) is 8.71. The topological polar surface area (TPSA) is 55.8 Å². The molecule has 0 rings (SSSR count). The van der Waals surface area contributed by atoms with E-state index in [4.69, 9.17) is 9.05 Å². The van der Waals surface area contributed by atoms with E-state index in [1.165, 1.54) is 0 Å². The summed E-state index contributed by atoms with van der Waals surface area (Å²) in [6.45, 7) is 13.9. The van der Waals surface area contributed by atoms with Crippen LogP contribution >= 0.6 is 7.82 Å². The molecule has 4 nitrogen and oxygen atoms in total. The highest BCUT2D eigenvalue weighted by molar-refractivity contribution is 7.47. The van der Waals surface area contributed by atoms with Crippen molar-refractivity contribution >= 4 is 7.82 Å². The minimum absolute atomic E-state index is 0.281. The summed E-state index contributed by atoms with van der Waals surface area (Å²) in [5, 5.41) is 0. The van der Waals surface area contributed by atoms with Gasteiger partial charge < -0.3 is 4.89 Å². The zero-order chi connectivity index (χ0) is 15.3. The van der Waals surface area contributed by atoms with Crippen molar-refractivity contribution in [2.45, 2.75) is 79.4 Å². The molecule has 0 saturated carbocycles. The molecule has 0 aromatic carbocycles. The lowest BCUT2D eigenvalue weighted by Gasteiger charge is -2.32. The van der Waals surface area contributed by atoms with Crippen LogP contribution in [0.5, 0.6) is 0 Å². The average Bonchev–Trinajstić information content (AvgIpc) is 2.12. The normalized spacial score (nSPS) is 20.3. The van der Waals surface area contributed by atoms with Gasteiger partial charge in [-0.25, -0.2) is 4.57 Å². The van der Waals surface area contributed by atoms with Crippen LogP contribution in [0.4, 0.5) is 0 Å². The number of phosphoric acid groups is 1. The third-order valence-electron chi connectivity index (χ3n) is 3.04. The molecular weight excluding hydrogens is 263 g/mol. The van der Waals surface area contributed by atoms with Crippen molar-refractivity contribution in [2.24, 2.45) is 11.8 Å². The van der Waals surface area contributed by atoms with Crippen molar-refractivity contribution in [3.05, 3.63) is 0 Å². The van der Waals surface area contributed by atoms with Gasteiger partial charge >= 0.3 is 7.82 Å². The number of phosphoric ester groups is 1. The lowest BCUT2D eigenvalue weighted by Crippen LogP contribution is -2.29. The summed E-state index contributed by atoms with van der Waals surface area (Å²) >= 11 is 0. The van der Waals surface area contributed by atoms with Crippen molar-refractivity contribution < 1.29 is 18.5 Å². The smallest absolute Gasteiger partial charge is 0.302 e. The Bertz CT molecular complexity index is 304. The minimum atomic E-state index is -4.00. The summed E-state index contributed by atoms with van der Waals surface area (Å²) in [5.41, 5.74) is -0.615. The van der Waals surface area contributed by atoms with E-state index in [1.54, 1.807) is 6.92 Å². The zero-order valence-electron chi connectivity index (χ0n) is 13.5. The van der Waals surface area contributed by atoms with Crippen LogP contribution in [-0.4, -0.2) is 16.6 Å². The van der Waals surface area contributed by atoms with E-state index in [0.717, 1.165) is 12.8 Å². The van der Waals surface area contributed by atoms with E-state index in [-0.39, 0.29) is 6.10 Å². The van der Waals surface area contributed by atoms with Gasteiger partial charge in [-0.05, 0) is 44.9 Å². The highest BCUT2D eigenvalue weighted by Crippen LogP contribution is 2.50. The Kier molecular flexibility index (Phi) is 7.82. The van der Waals surface area contributed by atoms with E-state index in [9.17, 15) is 9.46 Å². The van der Waals surface area contributed by atoms with E-state index < -0.39 is 13.4 Å². The molecular formula is C14H31O4P. The van der Waals surface area contributed by atoms with Gasteiger partial charge in [0.1, 0.15) is 0 Å². The Hall–Kier alpha value is 0.110. The predicted octanol–water partition coefficient (Wildman–Crippen LogP) is 4.77. The van der Waals surface area contributed by atoms with Crippen molar-refractivity contribution in [2.75, 3.05) is 0 Å². The van der Waals surface area contributed by atoms with E-state index >= 15 is 0 Å². The Morgan fingerprint density at radius 2 is 1.68 bits per heavy atom. The Balaban J connectivity index is 4.60. The summed E-state index contributed by atoms with van der Waals surface area (Å²) in [6.07, 6.45) is 1.87. The molecule has 0 aliphatic carbocycles. The Morgan fingerprint density at radius 1 is 1.16 bits per heavy atom. The van der Waals surface area contributed by atoms with Crippen LogP contribution in [-0.2, 0) is 13.6 Å². The second-order valence-corrected chi connectivity index (χ2v) is 7.84. The van der Waals surface area contributed by atoms with Gasteiger partial charge in [-0.3, -0.25) is 9.05 Å². The van der Waals surface area contributed by atoms with Gasteiger partial charge in [-0.15, -0.1) is 0 Å². The monoisotopic (exact) mass is 294 g/mol. The van der Waals surface area contributed by atoms with Crippen molar-refractivity contribution in [3.63, 3.8) is 0 Å². The third-order valence-corrected chi connectivity index (χ3v) is 4.34. The summed E-state index contributed by atoms with van der Waals surface area (Å²) in [6, 6.07) is 0. The van der Waals surface area contributed by atoms with Gasteiger partial charge in [0.25, 0.3) is 0 Å². The molecule has 0 aliphatic heterocycles. The fourth-order valence-corrected chi connectivity index (χ4v) is 3.69. The van der Waals surface area contributed by atoms with Crippen LogP contribution < -0.4 is 0 Å². The lowest BCUT2D eigenvalue weighted by molar-refractivity contribution is 0.00510. The molecule has 0 aliphatic rings. The maximum absolute atomic E-state index is 12.1. The van der Waals surface area contributed by atoms with Gasteiger partial charge in [-0.1, -0.05) is 34.6 Å². The summed E-state index contributed by atoms with van der Waals surface area (Å²) in [4.78, 5) is 9.89. The summed E-state index contributed by atoms with van der Waals surface area (Å²) in [7, 11) is -4.00. The van der Waals surface area contributed by atoms with Crippen LogP contribution in [0.25, 0.3) is 0 Å². The largest absolute Gasteiger partial charge is 0.472 e. The van der Waals surface area contributed by atoms with Crippen LogP contribution in [0.15, 0.2) is 0 Å². The Morgan fingerprint density at radius 3 is 2.05 bits per heavy atom. The van der Waals surface area contributed by atoms with Crippen LogP contribution in [0.3, 0.4) is 0 Å². The molecule has 0 amide bonds. The minimum Gasteiger partial charge on any atom is -0.302 e. The molecule has 0 aromatic heterocycles. The third kappa shape index (κ3) is 8.80. The molecule has 0 bridgehead atoms. The fraction of sp³-hybridized carbons (Fsp3) is 1.00. The number of hydrogen-bond donors (Lipinski definition) is 1. The molecule has 3 unspecified atom stereocenters. The highest BCUT2D eigenvalue weighted by atomic mass is 31.2. The zero-order valence-corrected chi connectivity index (χ0v) is 14.4. The first-order chi connectivity index (χ1) is 8.49. The molecule has 5 heteroatoms. The highest BCUT2D eigenvalue weighted by Gasteiger charge is 2.36. The van der Waals surface area contributed by atoms with Crippen molar-refractivity contribution in [1.29, 1.82) is 0 Å². The summed E-state index contributed by atoms with van der Waals surface area (Å²) < 4.78 is 22.7. The first kappa shape index (κ1) is 19.1. The van der Waals surface area contributed by atoms with E-state index in [2.05, 4.69) is 27.7 Å². The van der Waals surface area contributed by atoms with Crippen LogP contribution in [0.2, 0.25) is 0 Å². The van der Waals surface area contributed by atoms with Gasteiger partial charge in [0, 0.05) is 0 Å². The van der Waals surface area contributed by atoms with E-state index in [1.807, 2.05) is 13.8 Å². The predicted molar refractivity (Wildman–Crippen MR) is 79.1 cm³/mol. The van der Waals surface area contributed by atoms with E-state index in [0.29, 0.717) is 18.3 Å². The molecule has 19 heavy (non-hydrogen) atoms. The molecule has 0 heterocycles.